The third kappa shape index (κ3) is 3.71. The summed E-state index contributed by atoms with van der Waals surface area (Å²) in [5.74, 6) is 0.508. The van der Waals surface area contributed by atoms with Crippen LogP contribution >= 0.6 is 27.5 Å². The molecule has 0 aliphatic heterocycles. The molecule has 0 fully saturated rings. The summed E-state index contributed by atoms with van der Waals surface area (Å²) in [4.78, 5) is 0. The normalized spacial score (nSPS) is 12.2. The second kappa shape index (κ2) is 6.40. The Morgan fingerprint density at radius 3 is 2.74 bits per heavy atom. The summed E-state index contributed by atoms with van der Waals surface area (Å²) in [7, 11) is 1.61. The van der Waals surface area contributed by atoms with Gasteiger partial charge in [0.25, 0.3) is 0 Å². The van der Waals surface area contributed by atoms with Crippen LogP contribution in [0.15, 0.2) is 46.9 Å². The van der Waals surface area contributed by atoms with Crippen LogP contribution in [0.4, 0.5) is 4.39 Å². The van der Waals surface area contributed by atoms with E-state index in [0.29, 0.717) is 6.42 Å². The van der Waals surface area contributed by atoms with Gasteiger partial charge >= 0.3 is 0 Å². The van der Waals surface area contributed by atoms with Crippen LogP contribution in [-0.2, 0) is 6.42 Å². The molecule has 0 spiro atoms. The van der Waals surface area contributed by atoms with Gasteiger partial charge in [-0.3, -0.25) is 0 Å². The molecule has 2 aromatic rings. The molecule has 2 rings (SSSR count). The summed E-state index contributed by atoms with van der Waals surface area (Å²) in [6.45, 7) is 0. The Morgan fingerprint density at radius 1 is 1.26 bits per heavy atom. The highest BCUT2D eigenvalue weighted by Crippen LogP contribution is 2.33. The molecular formula is C15H13BrClFO. The molecule has 0 heterocycles. The maximum atomic E-state index is 13.1. The van der Waals surface area contributed by atoms with E-state index in [4.69, 9.17) is 16.3 Å². The first-order valence-corrected chi connectivity index (χ1v) is 7.05. The quantitative estimate of drug-likeness (QED) is 0.700. The molecule has 0 aliphatic rings. The zero-order valence-corrected chi connectivity index (χ0v) is 12.7. The van der Waals surface area contributed by atoms with Gasteiger partial charge in [-0.25, -0.2) is 4.39 Å². The lowest BCUT2D eigenvalue weighted by atomic mass is 10.0. The highest BCUT2D eigenvalue weighted by atomic mass is 79.9. The third-order valence-electron chi connectivity index (χ3n) is 2.84. The number of hydrogen-bond acceptors (Lipinski definition) is 1. The van der Waals surface area contributed by atoms with Gasteiger partial charge in [0, 0.05) is 4.47 Å². The van der Waals surface area contributed by atoms with E-state index in [1.54, 1.807) is 13.2 Å². The van der Waals surface area contributed by atoms with Crippen molar-refractivity contribution in [2.24, 2.45) is 0 Å². The van der Waals surface area contributed by atoms with Crippen molar-refractivity contribution in [3.05, 3.63) is 63.9 Å². The van der Waals surface area contributed by atoms with Crippen LogP contribution in [0.2, 0.25) is 0 Å². The first-order chi connectivity index (χ1) is 9.10. The zero-order valence-electron chi connectivity index (χ0n) is 10.4. The van der Waals surface area contributed by atoms with E-state index in [1.165, 1.54) is 12.1 Å². The molecule has 1 nitrogen and oxygen atoms in total. The zero-order chi connectivity index (χ0) is 13.8. The predicted octanol–water partition coefficient (Wildman–Crippen LogP) is 5.12. The number of hydrogen-bond donors (Lipinski definition) is 0. The standard InChI is InChI=1S/C15H13BrClFO/c1-19-12-5-6-14(16)13(9-12)15(17)8-10-3-2-4-11(18)7-10/h2-7,9,15H,8H2,1H3. The van der Waals surface area contributed by atoms with E-state index >= 15 is 0 Å². The van der Waals surface area contributed by atoms with Crippen molar-refractivity contribution in [2.75, 3.05) is 7.11 Å². The van der Waals surface area contributed by atoms with Gasteiger partial charge < -0.3 is 4.74 Å². The Morgan fingerprint density at radius 2 is 2.05 bits per heavy atom. The van der Waals surface area contributed by atoms with Crippen molar-refractivity contribution >= 4 is 27.5 Å². The molecule has 100 valence electrons. The Kier molecular flexibility index (Phi) is 4.83. The van der Waals surface area contributed by atoms with Crippen molar-refractivity contribution < 1.29 is 9.13 Å². The topological polar surface area (TPSA) is 9.23 Å². The lowest BCUT2D eigenvalue weighted by Crippen LogP contribution is -1.98. The molecule has 0 aliphatic carbocycles. The highest BCUT2D eigenvalue weighted by Gasteiger charge is 2.14. The van der Waals surface area contributed by atoms with Crippen LogP contribution in [0.3, 0.4) is 0 Å². The summed E-state index contributed by atoms with van der Waals surface area (Å²) in [6, 6.07) is 12.1. The molecular weight excluding hydrogens is 331 g/mol. The van der Waals surface area contributed by atoms with Gasteiger partial charge in [0.15, 0.2) is 0 Å². The van der Waals surface area contributed by atoms with Crippen LogP contribution in [0.5, 0.6) is 5.75 Å². The van der Waals surface area contributed by atoms with E-state index in [2.05, 4.69) is 15.9 Å². The molecule has 0 radical (unpaired) electrons. The Labute approximate surface area is 125 Å². The van der Waals surface area contributed by atoms with Crippen LogP contribution < -0.4 is 4.74 Å². The van der Waals surface area contributed by atoms with Gasteiger partial charge in [0.05, 0.1) is 12.5 Å². The van der Waals surface area contributed by atoms with Crippen LogP contribution in [-0.4, -0.2) is 7.11 Å². The Hall–Kier alpha value is -1.06. The van der Waals surface area contributed by atoms with Crippen molar-refractivity contribution in [2.45, 2.75) is 11.8 Å². The lowest BCUT2D eigenvalue weighted by Gasteiger charge is -2.13. The van der Waals surface area contributed by atoms with E-state index in [0.717, 1.165) is 21.3 Å². The van der Waals surface area contributed by atoms with Crippen molar-refractivity contribution in [1.29, 1.82) is 0 Å². The molecule has 0 amide bonds. The Balaban J connectivity index is 2.22. The lowest BCUT2D eigenvalue weighted by molar-refractivity contribution is 0.414. The van der Waals surface area contributed by atoms with Crippen LogP contribution in [0, 0.1) is 5.82 Å². The maximum absolute atomic E-state index is 13.1. The second-order valence-corrected chi connectivity index (χ2v) is 5.57. The summed E-state index contributed by atoms with van der Waals surface area (Å²) in [5, 5.41) is -0.244. The minimum atomic E-state index is -0.244. The summed E-state index contributed by atoms with van der Waals surface area (Å²) >= 11 is 9.89. The summed E-state index contributed by atoms with van der Waals surface area (Å²) < 4.78 is 19.3. The second-order valence-electron chi connectivity index (χ2n) is 4.19. The molecule has 1 atom stereocenters. The van der Waals surface area contributed by atoms with E-state index < -0.39 is 0 Å². The monoisotopic (exact) mass is 342 g/mol. The molecule has 0 N–H and O–H groups in total. The van der Waals surface area contributed by atoms with E-state index in [-0.39, 0.29) is 11.2 Å². The number of alkyl halides is 1. The minimum Gasteiger partial charge on any atom is -0.497 e. The largest absolute Gasteiger partial charge is 0.497 e. The first-order valence-electron chi connectivity index (χ1n) is 5.82. The Bertz CT molecular complexity index is 574. The van der Waals surface area contributed by atoms with Gasteiger partial charge in [-0.05, 0) is 47.9 Å². The fourth-order valence-electron chi connectivity index (χ4n) is 1.87. The smallest absolute Gasteiger partial charge is 0.123 e. The number of benzene rings is 2. The molecule has 19 heavy (non-hydrogen) atoms. The predicted molar refractivity (Wildman–Crippen MR) is 79.4 cm³/mol. The number of halogens is 3. The maximum Gasteiger partial charge on any atom is 0.123 e. The number of ether oxygens (including phenoxy) is 1. The summed E-state index contributed by atoms with van der Waals surface area (Å²) in [5.41, 5.74) is 1.81. The highest BCUT2D eigenvalue weighted by molar-refractivity contribution is 9.10. The van der Waals surface area contributed by atoms with Gasteiger partial charge in [-0.1, -0.05) is 28.1 Å². The van der Waals surface area contributed by atoms with E-state index in [9.17, 15) is 4.39 Å². The van der Waals surface area contributed by atoms with Crippen molar-refractivity contribution in [1.82, 2.24) is 0 Å². The van der Waals surface area contributed by atoms with Gasteiger partial charge in [-0.2, -0.15) is 0 Å². The van der Waals surface area contributed by atoms with Gasteiger partial charge in [0.2, 0.25) is 0 Å². The molecule has 1 unspecified atom stereocenters. The molecule has 0 saturated carbocycles. The van der Waals surface area contributed by atoms with Crippen molar-refractivity contribution in [3.63, 3.8) is 0 Å². The third-order valence-corrected chi connectivity index (χ3v) is 3.96. The molecule has 0 saturated heterocycles. The molecule has 0 aromatic heterocycles. The number of methoxy groups -OCH3 is 1. The van der Waals surface area contributed by atoms with Crippen LogP contribution in [0.25, 0.3) is 0 Å². The number of rotatable bonds is 4. The fourth-order valence-corrected chi connectivity index (χ4v) is 2.88. The average molecular weight is 344 g/mol. The molecule has 0 bridgehead atoms. The SMILES string of the molecule is COc1ccc(Br)c(C(Cl)Cc2cccc(F)c2)c1. The molecule has 2 aromatic carbocycles. The van der Waals surface area contributed by atoms with E-state index in [1.807, 2.05) is 24.3 Å². The molecule has 4 heteroatoms. The fraction of sp³-hybridized carbons (Fsp3) is 0.200. The average Bonchev–Trinajstić information content (AvgIpc) is 2.39. The van der Waals surface area contributed by atoms with Crippen molar-refractivity contribution in [3.8, 4) is 5.75 Å². The van der Waals surface area contributed by atoms with Crippen LogP contribution in [0.1, 0.15) is 16.5 Å². The minimum absolute atomic E-state index is 0.244. The van der Waals surface area contributed by atoms with Gasteiger partial charge in [0.1, 0.15) is 11.6 Å². The first kappa shape index (κ1) is 14.4. The van der Waals surface area contributed by atoms with Gasteiger partial charge in [-0.15, -0.1) is 11.6 Å². The summed E-state index contributed by atoms with van der Waals surface area (Å²) in [6.07, 6.45) is 0.561.